The van der Waals surface area contributed by atoms with Crippen molar-refractivity contribution in [2.45, 2.75) is 13.5 Å². The number of carbonyl (C=O) groups excluding carboxylic acids is 1. The van der Waals surface area contributed by atoms with Crippen LogP contribution in [0.4, 0.5) is 5.13 Å². The molecule has 1 heterocycles. The summed E-state index contributed by atoms with van der Waals surface area (Å²) in [6.45, 7) is 2.54. The Kier molecular flexibility index (Phi) is 4.62. The number of halogens is 1. The number of anilines is 1. The van der Waals surface area contributed by atoms with Gasteiger partial charge in [-0.25, -0.2) is 9.78 Å². The van der Waals surface area contributed by atoms with E-state index in [4.69, 9.17) is 16.3 Å². The van der Waals surface area contributed by atoms with E-state index in [1.807, 2.05) is 43.1 Å². The quantitative estimate of drug-likeness (QED) is 0.810. The molecule has 106 valence electrons. The minimum atomic E-state index is -0.402. The number of hydrogen-bond acceptors (Lipinski definition) is 5. The molecule has 0 aliphatic rings. The van der Waals surface area contributed by atoms with E-state index >= 15 is 0 Å². The summed E-state index contributed by atoms with van der Waals surface area (Å²) in [7, 11) is 3.29. The van der Waals surface area contributed by atoms with E-state index < -0.39 is 5.97 Å². The lowest BCUT2D eigenvalue weighted by Crippen LogP contribution is -2.16. The van der Waals surface area contributed by atoms with Crippen LogP contribution in [0.5, 0.6) is 0 Å². The lowest BCUT2D eigenvalue weighted by molar-refractivity contribution is 0.0594. The first-order chi connectivity index (χ1) is 9.51. The van der Waals surface area contributed by atoms with E-state index in [-0.39, 0.29) is 0 Å². The van der Waals surface area contributed by atoms with Gasteiger partial charge in [0, 0.05) is 23.5 Å². The van der Waals surface area contributed by atoms with Gasteiger partial charge in [-0.05, 0) is 24.6 Å². The number of carbonyl (C=O) groups is 1. The average Bonchev–Trinajstić information content (AvgIpc) is 2.80. The molecule has 4 nitrogen and oxygen atoms in total. The molecule has 2 aromatic rings. The van der Waals surface area contributed by atoms with Crippen molar-refractivity contribution in [2.75, 3.05) is 19.1 Å². The number of nitrogens with zero attached hydrogens (tertiary/aromatic N) is 2. The minimum Gasteiger partial charge on any atom is -0.464 e. The van der Waals surface area contributed by atoms with Crippen molar-refractivity contribution in [3.05, 3.63) is 45.4 Å². The molecule has 0 saturated heterocycles. The predicted molar refractivity (Wildman–Crippen MR) is 81.7 cm³/mol. The van der Waals surface area contributed by atoms with Gasteiger partial charge in [-0.3, -0.25) is 0 Å². The van der Waals surface area contributed by atoms with Gasteiger partial charge in [0.15, 0.2) is 10.8 Å². The third-order valence-corrected chi connectivity index (χ3v) is 4.12. The number of ether oxygens (including phenoxy) is 1. The van der Waals surface area contributed by atoms with Gasteiger partial charge in [-0.2, -0.15) is 0 Å². The van der Waals surface area contributed by atoms with E-state index in [2.05, 4.69) is 4.98 Å². The fourth-order valence-electron chi connectivity index (χ4n) is 1.81. The van der Waals surface area contributed by atoms with Gasteiger partial charge >= 0.3 is 5.97 Å². The zero-order valence-electron chi connectivity index (χ0n) is 11.5. The maximum Gasteiger partial charge on any atom is 0.357 e. The van der Waals surface area contributed by atoms with Gasteiger partial charge in [-0.15, -0.1) is 11.3 Å². The van der Waals surface area contributed by atoms with Crippen LogP contribution in [0, 0.1) is 6.92 Å². The summed E-state index contributed by atoms with van der Waals surface area (Å²) in [6.07, 6.45) is 0. The summed E-state index contributed by atoms with van der Waals surface area (Å²) in [6, 6.07) is 7.68. The fourth-order valence-corrected chi connectivity index (χ4v) is 2.88. The van der Waals surface area contributed by atoms with Crippen molar-refractivity contribution in [1.29, 1.82) is 0 Å². The molecule has 0 bridgehead atoms. The van der Waals surface area contributed by atoms with E-state index in [1.54, 1.807) is 0 Å². The lowest BCUT2D eigenvalue weighted by Gasteiger charge is -2.15. The highest BCUT2D eigenvalue weighted by molar-refractivity contribution is 7.15. The maximum absolute atomic E-state index is 11.6. The zero-order chi connectivity index (χ0) is 14.7. The molecule has 0 N–H and O–H groups in total. The Labute approximate surface area is 127 Å². The molecule has 0 aliphatic heterocycles. The Morgan fingerprint density at radius 1 is 1.50 bits per heavy atom. The van der Waals surface area contributed by atoms with Crippen molar-refractivity contribution in [3.8, 4) is 0 Å². The van der Waals surface area contributed by atoms with Crippen LogP contribution in [0.1, 0.15) is 20.9 Å². The molecule has 1 aromatic heterocycles. The van der Waals surface area contributed by atoms with E-state index in [9.17, 15) is 4.79 Å². The zero-order valence-corrected chi connectivity index (χ0v) is 13.1. The Hall–Kier alpha value is -1.59. The summed E-state index contributed by atoms with van der Waals surface area (Å²) >= 11 is 7.44. The van der Waals surface area contributed by atoms with Gasteiger partial charge in [0.25, 0.3) is 0 Å². The highest BCUT2D eigenvalue weighted by Gasteiger charge is 2.17. The van der Waals surface area contributed by atoms with Crippen molar-refractivity contribution in [1.82, 2.24) is 4.98 Å². The summed E-state index contributed by atoms with van der Waals surface area (Å²) in [5.74, 6) is -0.402. The van der Waals surface area contributed by atoms with Crippen LogP contribution < -0.4 is 4.90 Å². The third-order valence-electron chi connectivity index (χ3n) is 2.80. The van der Waals surface area contributed by atoms with E-state index in [0.717, 1.165) is 15.6 Å². The lowest BCUT2D eigenvalue weighted by atomic mass is 10.2. The van der Waals surface area contributed by atoms with Gasteiger partial charge in [0.05, 0.1) is 7.11 Å². The van der Waals surface area contributed by atoms with Gasteiger partial charge in [-0.1, -0.05) is 23.7 Å². The van der Waals surface area contributed by atoms with Crippen LogP contribution in [0.15, 0.2) is 24.3 Å². The largest absolute Gasteiger partial charge is 0.464 e. The second-order valence-electron chi connectivity index (χ2n) is 4.38. The van der Waals surface area contributed by atoms with Gasteiger partial charge < -0.3 is 9.64 Å². The second kappa shape index (κ2) is 6.24. The number of esters is 1. The van der Waals surface area contributed by atoms with Crippen molar-refractivity contribution < 1.29 is 9.53 Å². The SMILES string of the molecule is COC(=O)c1nc(N(C)Cc2cccc(Cl)c2)sc1C. The summed E-state index contributed by atoms with van der Waals surface area (Å²) in [4.78, 5) is 18.7. The highest BCUT2D eigenvalue weighted by atomic mass is 35.5. The van der Waals surface area contributed by atoms with Crippen LogP contribution in [0.25, 0.3) is 0 Å². The van der Waals surface area contributed by atoms with Gasteiger partial charge in [0.2, 0.25) is 0 Å². The molecule has 0 unspecified atom stereocenters. The normalized spacial score (nSPS) is 10.4. The number of aryl methyl sites for hydroxylation is 1. The molecule has 0 amide bonds. The maximum atomic E-state index is 11.6. The van der Waals surface area contributed by atoms with Crippen molar-refractivity contribution >= 4 is 34.0 Å². The number of hydrogen-bond donors (Lipinski definition) is 0. The first-order valence-corrected chi connectivity index (χ1v) is 7.22. The Bertz CT molecular complexity index is 627. The second-order valence-corrected chi connectivity index (χ2v) is 6.00. The summed E-state index contributed by atoms with van der Waals surface area (Å²) < 4.78 is 4.71. The molecule has 0 atom stereocenters. The van der Waals surface area contributed by atoms with Crippen molar-refractivity contribution in [3.63, 3.8) is 0 Å². The summed E-state index contributed by atoms with van der Waals surface area (Å²) in [5.41, 5.74) is 1.47. The Morgan fingerprint density at radius 2 is 2.25 bits per heavy atom. The smallest absolute Gasteiger partial charge is 0.357 e. The molecular formula is C14H15ClN2O2S. The molecule has 0 saturated carbocycles. The standard InChI is InChI=1S/C14H15ClN2O2S/c1-9-12(13(18)19-3)16-14(20-9)17(2)8-10-5-4-6-11(15)7-10/h4-7H,8H2,1-3H3. The van der Waals surface area contributed by atoms with E-state index in [1.165, 1.54) is 18.4 Å². The minimum absolute atomic E-state index is 0.380. The molecule has 0 radical (unpaired) electrons. The number of thiazole rings is 1. The fraction of sp³-hybridized carbons (Fsp3) is 0.286. The number of rotatable bonds is 4. The third kappa shape index (κ3) is 3.29. The van der Waals surface area contributed by atoms with Crippen LogP contribution in [0.3, 0.4) is 0 Å². The molecule has 0 fully saturated rings. The van der Waals surface area contributed by atoms with Crippen LogP contribution in [-0.4, -0.2) is 25.1 Å². The molecule has 6 heteroatoms. The van der Waals surface area contributed by atoms with Crippen LogP contribution in [-0.2, 0) is 11.3 Å². The van der Waals surface area contributed by atoms with Crippen molar-refractivity contribution in [2.24, 2.45) is 0 Å². The Balaban J connectivity index is 2.17. The summed E-state index contributed by atoms with van der Waals surface area (Å²) in [5, 5.41) is 1.49. The molecular weight excluding hydrogens is 296 g/mol. The molecule has 2 rings (SSSR count). The molecule has 0 aliphatic carbocycles. The van der Waals surface area contributed by atoms with Crippen LogP contribution >= 0.6 is 22.9 Å². The molecule has 0 spiro atoms. The average molecular weight is 311 g/mol. The number of benzene rings is 1. The first kappa shape index (κ1) is 14.8. The number of methoxy groups -OCH3 is 1. The van der Waals surface area contributed by atoms with Gasteiger partial charge in [0.1, 0.15) is 0 Å². The van der Waals surface area contributed by atoms with E-state index in [0.29, 0.717) is 17.3 Å². The number of aromatic nitrogens is 1. The topological polar surface area (TPSA) is 42.4 Å². The predicted octanol–water partition coefficient (Wildman–Crippen LogP) is 3.53. The first-order valence-electron chi connectivity index (χ1n) is 6.02. The molecule has 20 heavy (non-hydrogen) atoms. The Morgan fingerprint density at radius 3 is 2.90 bits per heavy atom. The highest BCUT2D eigenvalue weighted by Crippen LogP contribution is 2.26. The molecule has 1 aromatic carbocycles. The monoisotopic (exact) mass is 310 g/mol. The van der Waals surface area contributed by atoms with Crippen LogP contribution in [0.2, 0.25) is 5.02 Å².